The molecule has 0 aliphatic rings. The van der Waals surface area contributed by atoms with Gasteiger partial charge in [0.15, 0.2) is 0 Å². The van der Waals surface area contributed by atoms with Gasteiger partial charge in [-0.15, -0.1) is 0 Å². The van der Waals surface area contributed by atoms with E-state index in [0.717, 1.165) is 22.6 Å². The molecule has 19 heavy (non-hydrogen) atoms. The molecule has 0 saturated carbocycles. The second-order valence-corrected chi connectivity index (χ2v) is 4.94. The Morgan fingerprint density at radius 3 is 2.84 bits per heavy atom. The summed E-state index contributed by atoms with van der Waals surface area (Å²) in [7, 11) is 0. The van der Waals surface area contributed by atoms with Crippen LogP contribution in [0.5, 0.6) is 5.75 Å². The van der Waals surface area contributed by atoms with Gasteiger partial charge >= 0.3 is 0 Å². The number of hydrogen-bond donors (Lipinski definition) is 1. The maximum atomic E-state index is 9.35. The number of benzene rings is 1. The van der Waals surface area contributed by atoms with E-state index in [1.165, 1.54) is 0 Å². The highest BCUT2D eigenvalue weighted by Crippen LogP contribution is 2.21. The van der Waals surface area contributed by atoms with Crippen LogP contribution in [0, 0.1) is 6.92 Å². The van der Waals surface area contributed by atoms with Gasteiger partial charge in [-0.05, 0) is 26.8 Å². The zero-order chi connectivity index (χ0) is 13.8. The van der Waals surface area contributed by atoms with E-state index in [-0.39, 0.29) is 6.61 Å². The molecule has 0 aliphatic carbocycles. The first-order valence-electron chi connectivity index (χ1n) is 6.45. The van der Waals surface area contributed by atoms with Gasteiger partial charge in [-0.1, -0.05) is 17.7 Å². The molecule has 0 unspecified atom stereocenters. The SMILES string of the molecule is Cc1ccc(OCc2cncn2C(C)C)c(CO)c1. The summed E-state index contributed by atoms with van der Waals surface area (Å²) in [5.74, 6) is 0.726. The van der Waals surface area contributed by atoms with Gasteiger partial charge in [-0.3, -0.25) is 0 Å². The maximum Gasteiger partial charge on any atom is 0.130 e. The van der Waals surface area contributed by atoms with Crippen molar-refractivity contribution in [2.45, 2.75) is 40.0 Å². The lowest BCUT2D eigenvalue weighted by Crippen LogP contribution is -2.08. The van der Waals surface area contributed by atoms with E-state index in [1.54, 1.807) is 0 Å². The molecular weight excluding hydrogens is 240 g/mol. The first-order valence-corrected chi connectivity index (χ1v) is 6.45. The molecule has 2 aromatic rings. The molecule has 102 valence electrons. The Morgan fingerprint density at radius 1 is 1.37 bits per heavy atom. The molecule has 4 nitrogen and oxygen atoms in total. The fourth-order valence-electron chi connectivity index (χ4n) is 2.03. The van der Waals surface area contributed by atoms with Crippen LogP contribution in [0.1, 0.15) is 36.7 Å². The second-order valence-electron chi connectivity index (χ2n) is 4.94. The minimum atomic E-state index is -0.0134. The standard InChI is InChI=1S/C15H20N2O2/c1-11(2)17-10-16-7-14(17)9-19-15-5-4-12(3)6-13(15)8-18/h4-7,10-11,18H,8-9H2,1-3H3. The third-order valence-corrected chi connectivity index (χ3v) is 3.06. The molecule has 0 aliphatic heterocycles. The topological polar surface area (TPSA) is 47.3 Å². The van der Waals surface area contributed by atoms with E-state index >= 15 is 0 Å². The maximum absolute atomic E-state index is 9.35. The van der Waals surface area contributed by atoms with Crippen LogP contribution in [0.15, 0.2) is 30.7 Å². The van der Waals surface area contributed by atoms with Crippen molar-refractivity contribution in [3.63, 3.8) is 0 Å². The predicted octanol–water partition coefficient (Wildman–Crippen LogP) is 2.84. The van der Waals surface area contributed by atoms with Crippen LogP contribution < -0.4 is 4.74 Å². The number of aromatic nitrogens is 2. The van der Waals surface area contributed by atoms with Gasteiger partial charge in [0.05, 0.1) is 24.8 Å². The van der Waals surface area contributed by atoms with Gasteiger partial charge in [0.1, 0.15) is 12.4 Å². The third-order valence-electron chi connectivity index (χ3n) is 3.06. The lowest BCUT2D eigenvalue weighted by molar-refractivity contribution is 0.254. The highest BCUT2D eigenvalue weighted by atomic mass is 16.5. The number of hydrogen-bond acceptors (Lipinski definition) is 3. The normalized spacial score (nSPS) is 11.0. The summed E-state index contributed by atoms with van der Waals surface area (Å²) in [4.78, 5) is 4.15. The number of aliphatic hydroxyl groups is 1. The van der Waals surface area contributed by atoms with Crippen molar-refractivity contribution >= 4 is 0 Å². The van der Waals surface area contributed by atoms with E-state index in [9.17, 15) is 5.11 Å². The van der Waals surface area contributed by atoms with Crippen LogP contribution in [-0.2, 0) is 13.2 Å². The zero-order valence-electron chi connectivity index (χ0n) is 11.6. The summed E-state index contributed by atoms with van der Waals surface area (Å²) in [5.41, 5.74) is 2.96. The Bertz CT molecular complexity index is 547. The lowest BCUT2D eigenvalue weighted by Gasteiger charge is -2.14. The number of ether oxygens (including phenoxy) is 1. The Balaban J connectivity index is 2.12. The number of nitrogens with zero attached hydrogens (tertiary/aromatic N) is 2. The summed E-state index contributed by atoms with van der Waals surface area (Å²) in [6.45, 7) is 6.65. The number of rotatable bonds is 5. The van der Waals surface area contributed by atoms with E-state index in [2.05, 4.69) is 23.4 Å². The van der Waals surface area contributed by atoms with Crippen LogP contribution in [0.2, 0.25) is 0 Å². The molecule has 0 fully saturated rings. The van der Waals surface area contributed by atoms with Crippen molar-refractivity contribution in [1.82, 2.24) is 9.55 Å². The second kappa shape index (κ2) is 5.89. The monoisotopic (exact) mass is 260 g/mol. The Hall–Kier alpha value is -1.81. The molecule has 0 atom stereocenters. The summed E-state index contributed by atoms with van der Waals surface area (Å²) in [6, 6.07) is 6.18. The zero-order valence-corrected chi connectivity index (χ0v) is 11.6. The van der Waals surface area contributed by atoms with Gasteiger partial charge in [-0.2, -0.15) is 0 Å². The van der Waals surface area contributed by atoms with E-state index < -0.39 is 0 Å². The largest absolute Gasteiger partial charge is 0.487 e. The minimum absolute atomic E-state index is 0.0134. The number of imidazole rings is 1. The van der Waals surface area contributed by atoms with Crippen LogP contribution in [0.4, 0.5) is 0 Å². The smallest absolute Gasteiger partial charge is 0.130 e. The van der Waals surface area contributed by atoms with Crippen molar-refractivity contribution in [1.29, 1.82) is 0 Å². The fraction of sp³-hybridized carbons (Fsp3) is 0.400. The average Bonchev–Trinajstić information content (AvgIpc) is 2.85. The van der Waals surface area contributed by atoms with E-state index in [0.29, 0.717) is 12.6 Å². The quantitative estimate of drug-likeness (QED) is 0.899. The Morgan fingerprint density at radius 2 is 2.16 bits per heavy atom. The highest BCUT2D eigenvalue weighted by Gasteiger charge is 2.08. The molecule has 0 spiro atoms. The van der Waals surface area contributed by atoms with E-state index in [1.807, 2.05) is 37.6 Å². The first-order chi connectivity index (χ1) is 9.11. The van der Waals surface area contributed by atoms with Crippen molar-refractivity contribution < 1.29 is 9.84 Å². The van der Waals surface area contributed by atoms with Crippen molar-refractivity contribution in [3.05, 3.63) is 47.5 Å². The lowest BCUT2D eigenvalue weighted by atomic mass is 10.1. The molecule has 0 amide bonds. The van der Waals surface area contributed by atoms with Crippen LogP contribution in [-0.4, -0.2) is 14.7 Å². The average molecular weight is 260 g/mol. The molecule has 1 aromatic heterocycles. The van der Waals surface area contributed by atoms with Gasteiger partial charge in [0.25, 0.3) is 0 Å². The Kier molecular flexibility index (Phi) is 4.22. The van der Waals surface area contributed by atoms with Gasteiger partial charge in [0, 0.05) is 11.6 Å². The van der Waals surface area contributed by atoms with Gasteiger partial charge < -0.3 is 14.4 Å². The molecule has 2 rings (SSSR count). The Labute approximate surface area is 113 Å². The van der Waals surface area contributed by atoms with Gasteiger partial charge in [0.2, 0.25) is 0 Å². The third kappa shape index (κ3) is 3.15. The van der Waals surface area contributed by atoms with Crippen molar-refractivity contribution in [2.75, 3.05) is 0 Å². The van der Waals surface area contributed by atoms with Crippen LogP contribution in [0.3, 0.4) is 0 Å². The molecule has 1 N–H and O–H groups in total. The molecule has 0 radical (unpaired) electrons. The molecule has 1 aromatic carbocycles. The molecule has 1 heterocycles. The summed E-state index contributed by atoms with van der Waals surface area (Å²) >= 11 is 0. The minimum Gasteiger partial charge on any atom is -0.487 e. The summed E-state index contributed by atoms with van der Waals surface area (Å²) in [6.07, 6.45) is 3.62. The first kappa shape index (κ1) is 13.6. The predicted molar refractivity (Wildman–Crippen MR) is 74.0 cm³/mol. The summed E-state index contributed by atoms with van der Waals surface area (Å²) < 4.78 is 7.87. The van der Waals surface area contributed by atoms with E-state index in [4.69, 9.17) is 4.74 Å². The molecule has 0 saturated heterocycles. The fourth-order valence-corrected chi connectivity index (χ4v) is 2.03. The molecular formula is C15H20N2O2. The van der Waals surface area contributed by atoms with Gasteiger partial charge in [-0.25, -0.2) is 4.98 Å². The molecule has 4 heteroatoms. The highest BCUT2D eigenvalue weighted by molar-refractivity contribution is 5.36. The number of aliphatic hydroxyl groups excluding tert-OH is 1. The van der Waals surface area contributed by atoms with Crippen LogP contribution >= 0.6 is 0 Å². The number of aryl methyl sites for hydroxylation is 1. The summed E-state index contributed by atoms with van der Waals surface area (Å²) in [5, 5.41) is 9.35. The van der Waals surface area contributed by atoms with Crippen LogP contribution in [0.25, 0.3) is 0 Å². The van der Waals surface area contributed by atoms with Crippen molar-refractivity contribution in [3.8, 4) is 5.75 Å². The molecule has 0 bridgehead atoms. The van der Waals surface area contributed by atoms with Crippen molar-refractivity contribution in [2.24, 2.45) is 0 Å².